The van der Waals surface area contributed by atoms with Crippen molar-refractivity contribution in [3.8, 4) is 0 Å². The van der Waals surface area contributed by atoms with Gasteiger partial charge in [0.05, 0.1) is 6.61 Å². The Morgan fingerprint density at radius 1 is 1.53 bits per heavy atom. The number of carbonyl (C=O) groups is 1. The summed E-state index contributed by atoms with van der Waals surface area (Å²) in [7, 11) is 0. The first kappa shape index (κ1) is 12.5. The highest BCUT2D eigenvalue weighted by molar-refractivity contribution is 5.78. The number of carboxylic acids is 1. The van der Waals surface area contributed by atoms with Gasteiger partial charge in [0.2, 0.25) is 0 Å². The van der Waals surface area contributed by atoms with Crippen LogP contribution in [-0.2, 0) is 9.53 Å². The van der Waals surface area contributed by atoms with Crippen LogP contribution in [0.15, 0.2) is 0 Å². The van der Waals surface area contributed by atoms with Gasteiger partial charge in [0, 0.05) is 13.2 Å². The van der Waals surface area contributed by atoms with Gasteiger partial charge in [-0.1, -0.05) is 0 Å². The van der Waals surface area contributed by atoms with E-state index in [2.05, 4.69) is 0 Å². The summed E-state index contributed by atoms with van der Waals surface area (Å²) in [5.41, 5.74) is -0.685. The molecule has 0 bridgehead atoms. The lowest BCUT2D eigenvalue weighted by Crippen LogP contribution is -2.55. The van der Waals surface area contributed by atoms with Crippen LogP contribution in [0.1, 0.15) is 33.1 Å². The van der Waals surface area contributed by atoms with E-state index in [-0.39, 0.29) is 0 Å². The van der Waals surface area contributed by atoms with Crippen LogP contribution in [0.3, 0.4) is 0 Å². The molecule has 1 fully saturated rings. The average Bonchev–Trinajstić information content (AvgIpc) is 2.21. The molecule has 0 amide bonds. The van der Waals surface area contributed by atoms with Gasteiger partial charge < -0.3 is 9.84 Å². The summed E-state index contributed by atoms with van der Waals surface area (Å²) in [5.74, 6) is -0.710. The molecule has 1 atom stereocenters. The van der Waals surface area contributed by atoms with Gasteiger partial charge in [0.1, 0.15) is 5.54 Å². The number of ether oxygens (including phenoxy) is 1. The number of carboxylic acid groups (broad SMARTS) is 1. The molecule has 1 aliphatic heterocycles. The highest BCUT2D eigenvalue weighted by atomic mass is 16.5. The fourth-order valence-corrected chi connectivity index (χ4v) is 2.10. The minimum Gasteiger partial charge on any atom is -0.480 e. The quantitative estimate of drug-likeness (QED) is 0.703. The highest BCUT2D eigenvalue weighted by Gasteiger charge is 2.40. The van der Waals surface area contributed by atoms with E-state index in [0.717, 1.165) is 32.4 Å². The van der Waals surface area contributed by atoms with Crippen molar-refractivity contribution in [3.05, 3.63) is 0 Å². The molecule has 88 valence electrons. The minimum absolute atomic E-state index is 0.624. The SMILES string of the molecule is CCOCCN1CCCCC1(C)C(=O)O. The van der Waals surface area contributed by atoms with Crippen molar-refractivity contribution in [2.75, 3.05) is 26.3 Å². The second-order valence-corrected chi connectivity index (χ2v) is 4.22. The predicted molar refractivity (Wildman–Crippen MR) is 58.0 cm³/mol. The minimum atomic E-state index is -0.710. The molecule has 4 nitrogen and oxygen atoms in total. The van der Waals surface area contributed by atoms with E-state index >= 15 is 0 Å². The summed E-state index contributed by atoms with van der Waals surface area (Å²) in [6.07, 6.45) is 2.84. The molecule has 1 unspecified atom stereocenters. The monoisotopic (exact) mass is 215 g/mol. The maximum Gasteiger partial charge on any atom is 0.323 e. The zero-order chi connectivity index (χ0) is 11.3. The van der Waals surface area contributed by atoms with Crippen LogP contribution in [0.4, 0.5) is 0 Å². The number of hydrogen-bond acceptors (Lipinski definition) is 3. The third-order valence-corrected chi connectivity index (χ3v) is 3.21. The van der Waals surface area contributed by atoms with Gasteiger partial charge in [-0.15, -0.1) is 0 Å². The molecule has 0 saturated carbocycles. The maximum absolute atomic E-state index is 11.2. The molecule has 0 aromatic carbocycles. The molecule has 0 aromatic heterocycles. The Morgan fingerprint density at radius 2 is 2.27 bits per heavy atom. The van der Waals surface area contributed by atoms with Gasteiger partial charge >= 0.3 is 5.97 Å². The molecule has 1 heterocycles. The summed E-state index contributed by atoms with van der Waals surface area (Å²) < 4.78 is 5.27. The number of hydrogen-bond donors (Lipinski definition) is 1. The molecule has 1 aliphatic rings. The van der Waals surface area contributed by atoms with Crippen LogP contribution < -0.4 is 0 Å². The number of aliphatic carboxylic acids is 1. The second kappa shape index (κ2) is 5.47. The van der Waals surface area contributed by atoms with E-state index in [4.69, 9.17) is 4.74 Å². The van der Waals surface area contributed by atoms with Crippen molar-refractivity contribution in [2.45, 2.75) is 38.6 Å². The molecule has 0 radical (unpaired) electrons. The summed E-state index contributed by atoms with van der Waals surface area (Å²) in [4.78, 5) is 13.3. The van der Waals surface area contributed by atoms with E-state index in [1.165, 1.54) is 0 Å². The smallest absolute Gasteiger partial charge is 0.323 e. The normalized spacial score (nSPS) is 27.9. The summed E-state index contributed by atoms with van der Waals surface area (Å²) in [6.45, 7) is 6.68. The van der Waals surface area contributed by atoms with Crippen molar-refractivity contribution in [2.24, 2.45) is 0 Å². The molecule has 0 aliphatic carbocycles. The lowest BCUT2D eigenvalue weighted by Gasteiger charge is -2.41. The topological polar surface area (TPSA) is 49.8 Å². The lowest BCUT2D eigenvalue weighted by atomic mass is 9.88. The van der Waals surface area contributed by atoms with Crippen LogP contribution in [-0.4, -0.2) is 47.8 Å². The number of likely N-dealkylation sites (tertiary alicyclic amines) is 1. The van der Waals surface area contributed by atoms with Crippen LogP contribution in [0.2, 0.25) is 0 Å². The van der Waals surface area contributed by atoms with Crippen molar-refractivity contribution >= 4 is 5.97 Å². The highest BCUT2D eigenvalue weighted by Crippen LogP contribution is 2.27. The molecule has 4 heteroatoms. The molecule has 15 heavy (non-hydrogen) atoms. The van der Waals surface area contributed by atoms with Gasteiger partial charge in [-0.2, -0.15) is 0 Å². The Bertz CT molecular complexity index is 220. The predicted octanol–water partition coefficient (Wildman–Crippen LogP) is 1.35. The van der Waals surface area contributed by atoms with Gasteiger partial charge in [0.15, 0.2) is 0 Å². The van der Waals surface area contributed by atoms with Crippen molar-refractivity contribution in [1.82, 2.24) is 4.90 Å². The zero-order valence-corrected chi connectivity index (χ0v) is 9.66. The fraction of sp³-hybridized carbons (Fsp3) is 0.909. The Morgan fingerprint density at radius 3 is 2.87 bits per heavy atom. The van der Waals surface area contributed by atoms with E-state index in [0.29, 0.717) is 13.2 Å². The molecular weight excluding hydrogens is 194 g/mol. The fourth-order valence-electron chi connectivity index (χ4n) is 2.10. The lowest BCUT2D eigenvalue weighted by molar-refractivity contribution is -0.153. The molecule has 1 rings (SSSR count). The van der Waals surface area contributed by atoms with Gasteiger partial charge in [0.25, 0.3) is 0 Å². The third kappa shape index (κ3) is 2.92. The van der Waals surface area contributed by atoms with Crippen molar-refractivity contribution in [3.63, 3.8) is 0 Å². The summed E-state index contributed by atoms with van der Waals surface area (Å²) in [6, 6.07) is 0. The Hall–Kier alpha value is -0.610. The Labute approximate surface area is 91.2 Å². The zero-order valence-electron chi connectivity index (χ0n) is 9.66. The first-order valence-electron chi connectivity index (χ1n) is 5.67. The number of piperidine rings is 1. The molecular formula is C11H21NO3. The maximum atomic E-state index is 11.2. The Balaban J connectivity index is 2.53. The Kier molecular flexibility index (Phi) is 4.54. The third-order valence-electron chi connectivity index (χ3n) is 3.21. The average molecular weight is 215 g/mol. The van der Waals surface area contributed by atoms with Gasteiger partial charge in [-0.3, -0.25) is 9.69 Å². The number of rotatable bonds is 5. The van der Waals surface area contributed by atoms with Crippen LogP contribution in [0.5, 0.6) is 0 Å². The van der Waals surface area contributed by atoms with Crippen molar-refractivity contribution in [1.29, 1.82) is 0 Å². The molecule has 1 N–H and O–H groups in total. The van der Waals surface area contributed by atoms with Crippen LogP contribution >= 0.6 is 0 Å². The largest absolute Gasteiger partial charge is 0.480 e. The van der Waals surface area contributed by atoms with E-state index in [1.807, 2.05) is 18.7 Å². The number of nitrogens with zero attached hydrogens (tertiary/aromatic N) is 1. The standard InChI is InChI=1S/C11H21NO3/c1-3-15-9-8-12-7-5-4-6-11(12,2)10(13)14/h3-9H2,1-2H3,(H,13,14). The summed E-state index contributed by atoms with van der Waals surface area (Å²) >= 11 is 0. The van der Waals surface area contributed by atoms with Crippen LogP contribution in [0, 0.1) is 0 Å². The molecule has 1 saturated heterocycles. The van der Waals surface area contributed by atoms with Crippen LogP contribution in [0.25, 0.3) is 0 Å². The van der Waals surface area contributed by atoms with E-state index in [9.17, 15) is 9.90 Å². The molecule has 0 aromatic rings. The first-order valence-corrected chi connectivity index (χ1v) is 5.67. The van der Waals surface area contributed by atoms with E-state index < -0.39 is 11.5 Å². The first-order chi connectivity index (χ1) is 7.11. The van der Waals surface area contributed by atoms with Crippen molar-refractivity contribution < 1.29 is 14.6 Å². The van der Waals surface area contributed by atoms with E-state index in [1.54, 1.807) is 0 Å². The summed E-state index contributed by atoms with van der Waals surface area (Å²) in [5, 5.41) is 9.24. The second-order valence-electron chi connectivity index (χ2n) is 4.22. The molecule has 0 spiro atoms. The van der Waals surface area contributed by atoms with Gasteiger partial charge in [-0.05, 0) is 39.7 Å². The van der Waals surface area contributed by atoms with Gasteiger partial charge in [-0.25, -0.2) is 0 Å².